The Balaban J connectivity index is 0.000000273. The summed E-state index contributed by atoms with van der Waals surface area (Å²) in [6.07, 6.45) is 1.14. The summed E-state index contributed by atoms with van der Waals surface area (Å²) in [7, 11) is 0. The Hall–Kier alpha value is -3.43. The van der Waals surface area contributed by atoms with Crippen LogP contribution >= 0.6 is 0 Å². The minimum absolute atomic E-state index is 0.0319. The van der Waals surface area contributed by atoms with E-state index >= 15 is 0 Å². The molecule has 0 saturated carbocycles. The molecule has 0 atom stereocenters. The van der Waals surface area contributed by atoms with Crippen molar-refractivity contribution in [2.24, 2.45) is 0 Å². The molecule has 0 radical (unpaired) electrons. The average molecular weight is 476 g/mol. The molecule has 0 unspecified atom stereocenters. The number of hydrogen-bond donors (Lipinski definition) is 0. The molecule has 0 spiro atoms. The van der Waals surface area contributed by atoms with Crippen molar-refractivity contribution in [3.63, 3.8) is 0 Å². The SMILES string of the molecule is CCCc1ccc(F)c(F)c1F.O=C(F)c1ccc(-c2ccc(OC(F)F)c(F)c2)c(F)c1. The zero-order valence-electron chi connectivity index (χ0n) is 17.0. The molecule has 0 aliphatic rings. The van der Waals surface area contributed by atoms with Crippen LogP contribution in [0.2, 0.25) is 0 Å². The number of carbonyl (C=O) groups excluding carboxylic acids is 1. The molecule has 0 bridgehead atoms. The van der Waals surface area contributed by atoms with Crippen LogP contribution < -0.4 is 4.74 Å². The molecule has 0 aromatic heterocycles. The van der Waals surface area contributed by atoms with Gasteiger partial charge in [-0.05, 0) is 47.9 Å². The number of carbonyl (C=O) groups is 1. The van der Waals surface area contributed by atoms with Gasteiger partial charge in [-0.1, -0.05) is 31.5 Å². The summed E-state index contributed by atoms with van der Waals surface area (Å²) in [6, 6.07) is 6.09. The summed E-state index contributed by atoms with van der Waals surface area (Å²) in [5.41, 5.74) is -0.322. The second kappa shape index (κ2) is 11.4. The van der Waals surface area contributed by atoms with E-state index in [2.05, 4.69) is 4.74 Å². The molecule has 0 amide bonds. The first kappa shape index (κ1) is 25.8. The molecule has 3 aromatic rings. The van der Waals surface area contributed by atoms with Gasteiger partial charge in [-0.2, -0.15) is 13.2 Å². The second-order valence-electron chi connectivity index (χ2n) is 6.58. The maximum Gasteiger partial charge on any atom is 0.387 e. The van der Waals surface area contributed by atoms with E-state index in [-0.39, 0.29) is 16.7 Å². The molecule has 3 rings (SSSR count). The van der Waals surface area contributed by atoms with Crippen LogP contribution in [-0.4, -0.2) is 12.6 Å². The van der Waals surface area contributed by atoms with Crippen molar-refractivity contribution in [2.75, 3.05) is 0 Å². The summed E-state index contributed by atoms with van der Waals surface area (Å²) >= 11 is 0. The normalized spacial score (nSPS) is 10.6. The quantitative estimate of drug-likeness (QED) is 0.211. The minimum atomic E-state index is -3.18. The van der Waals surface area contributed by atoms with Crippen LogP contribution in [0.15, 0.2) is 48.5 Å². The van der Waals surface area contributed by atoms with E-state index in [1.807, 2.05) is 6.92 Å². The predicted octanol–water partition coefficient (Wildman–Crippen LogP) is 7.40. The lowest BCUT2D eigenvalue weighted by Gasteiger charge is -2.08. The van der Waals surface area contributed by atoms with Gasteiger partial charge in [0.25, 0.3) is 0 Å². The molecule has 3 aromatic carbocycles. The molecule has 10 heteroatoms. The highest BCUT2D eigenvalue weighted by molar-refractivity contribution is 5.89. The van der Waals surface area contributed by atoms with Crippen LogP contribution in [0.25, 0.3) is 11.1 Å². The van der Waals surface area contributed by atoms with E-state index < -0.39 is 53.0 Å². The third-order valence-electron chi connectivity index (χ3n) is 4.29. The fourth-order valence-electron chi connectivity index (χ4n) is 2.76. The summed E-state index contributed by atoms with van der Waals surface area (Å²) < 4.78 is 105. The van der Waals surface area contributed by atoms with E-state index in [4.69, 9.17) is 0 Å². The highest BCUT2D eigenvalue weighted by atomic mass is 19.3. The Labute approximate surface area is 183 Å². The largest absolute Gasteiger partial charge is 0.432 e. The van der Waals surface area contributed by atoms with E-state index in [1.54, 1.807) is 0 Å². The van der Waals surface area contributed by atoms with E-state index in [0.29, 0.717) is 18.9 Å². The van der Waals surface area contributed by atoms with Gasteiger partial charge in [0.05, 0.1) is 5.56 Å². The lowest BCUT2D eigenvalue weighted by atomic mass is 10.0. The van der Waals surface area contributed by atoms with Crippen LogP contribution in [0.1, 0.15) is 29.3 Å². The predicted molar refractivity (Wildman–Crippen MR) is 104 cm³/mol. The summed E-state index contributed by atoms with van der Waals surface area (Å²) in [5, 5.41) is 0. The molecule has 0 aliphatic carbocycles. The molecule has 0 fully saturated rings. The highest BCUT2D eigenvalue weighted by Crippen LogP contribution is 2.29. The van der Waals surface area contributed by atoms with Crippen LogP contribution in [0.5, 0.6) is 5.75 Å². The fraction of sp³-hybridized carbons (Fsp3) is 0.174. The number of alkyl halides is 2. The first-order valence-electron chi connectivity index (χ1n) is 9.41. The Morgan fingerprint density at radius 3 is 2.09 bits per heavy atom. The van der Waals surface area contributed by atoms with E-state index in [0.717, 1.165) is 36.4 Å². The van der Waals surface area contributed by atoms with Crippen molar-refractivity contribution < 1.29 is 44.7 Å². The smallest absolute Gasteiger partial charge is 0.387 e. The lowest BCUT2D eigenvalue weighted by molar-refractivity contribution is -0.0521. The molecule has 0 saturated heterocycles. The second-order valence-corrected chi connectivity index (χ2v) is 6.58. The van der Waals surface area contributed by atoms with Crippen LogP contribution in [0.4, 0.5) is 35.1 Å². The Morgan fingerprint density at radius 2 is 1.55 bits per heavy atom. The van der Waals surface area contributed by atoms with Gasteiger partial charge in [0, 0.05) is 5.56 Å². The molecule has 2 nitrogen and oxygen atoms in total. The molecular formula is C23H16F8O2. The fourth-order valence-corrected chi connectivity index (χ4v) is 2.76. The zero-order chi connectivity index (χ0) is 24.7. The van der Waals surface area contributed by atoms with Crippen molar-refractivity contribution in [3.8, 4) is 16.9 Å². The molecule has 0 heterocycles. The van der Waals surface area contributed by atoms with Crippen molar-refractivity contribution in [2.45, 2.75) is 26.4 Å². The minimum Gasteiger partial charge on any atom is -0.432 e. The van der Waals surface area contributed by atoms with Gasteiger partial charge in [0.2, 0.25) is 0 Å². The van der Waals surface area contributed by atoms with Crippen LogP contribution in [-0.2, 0) is 6.42 Å². The molecule has 176 valence electrons. The van der Waals surface area contributed by atoms with Gasteiger partial charge in [0.15, 0.2) is 29.0 Å². The maximum absolute atomic E-state index is 13.7. The molecule has 0 aliphatic heterocycles. The number of aryl methyl sites for hydroxylation is 1. The average Bonchev–Trinajstić information content (AvgIpc) is 2.76. The van der Waals surface area contributed by atoms with Crippen molar-refractivity contribution in [1.82, 2.24) is 0 Å². The van der Waals surface area contributed by atoms with Gasteiger partial charge in [0.1, 0.15) is 5.82 Å². The Kier molecular flexibility index (Phi) is 8.95. The Bertz CT molecular complexity index is 1130. The van der Waals surface area contributed by atoms with Gasteiger partial charge in [-0.15, -0.1) is 0 Å². The zero-order valence-corrected chi connectivity index (χ0v) is 17.0. The van der Waals surface area contributed by atoms with Crippen LogP contribution in [0.3, 0.4) is 0 Å². The lowest BCUT2D eigenvalue weighted by Crippen LogP contribution is -2.03. The highest BCUT2D eigenvalue weighted by Gasteiger charge is 2.15. The first-order chi connectivity index (χ1) is 15.5. The van der Waals surface area contributed by atoms with E-state index in [9.17, 15) is 39.9 Å². The number of halogens is 8. The number of rotatable bonds is 6. The summed E-state index contributed by atoms with van der Waals surface area (Å²) in [4.78, 5) is 10.5. The number of ether oxygens (including phenoxy) is 1. The topological polar surface area (TPSA) is 26.3 Å². The summed E-state index contributed by atoms with van der Waals surface area (Å²) in [5.74, 6) is -6.28. The van der Waals surface area contributed by atoms with Crippen LogP contribution in [0, 0.1) is 29.1 Å². The maximum atomic E-state index is 13.7. The first-order valence-corrected chi connectivity index (χ1v) is 9.41. The van der Waals surface area contributed by atoms with Gasteiger partial charge in [-0.25, -0.2) is 22.0 Å². The third-order valence-corrected chi connectivity index (χ3v) is 4.29. The van der Waals surface area contributed by atoms with Crippen molar-refractivity contribution in [1.29, 1.82) is 0 Å². The third kappa shape index (κ3) is 6.77. The molecular weight excluding hydrogens is 460 g/mol. The van der Waals surface area contributed by atoms with Gasteiger partial charge < -0.3 is 4.74 Å². The monoisotopic (exact) mass is 476 g/mol. The van der Waals surface area contributed by atoms with E-state index in [1.165, 1.54) is 6.07 Å². The number of benzene rings is 3. The molecule has 33 heavy (non-hydrogen) atoms. The number of hydrogen-bond acceptors (Lipinski definition) is 2. The van der Waals surface area contributed by atoms with Crippen molar-refractivity contribution in [3.05, 3.63) is 88.7 Å². The standard InChI is InChI=1S/C14H7F5O2.C9H9F3/c15-10-6-8(13(17)20)1-3-9(10)7-2-4-12(11(16)5-7)21-14(18)19;1-2-3-6-4-5-7(10)9(12)8(6)11/h1-6,14H;4-5H,2-3H2,1H3. The summed E-state index contributed by atoms with van der Waals surface area (Å²) in [6.45, 7) is -1.34. The Morgan fingerprint density at radius 1 is 0.848 bits per heavy atom. The van der Waals surface area contributed by atoms with Gasteiger partial charge >= 0.3 is 12.6 Å². The van der Waals surface area contributed by atoms with Gasteiger partial charge in [-0.3, -0.25) is 4.79 Å². The molecule has 0 N–H and O–H groups in total. The van der Waals surface area contributed by atoms with Crippen molar-refractivity contribution >= 4 is 6.04 Å².